The first-order valence-corrected chi connectivity index (χ1v) is 57.9. The maximum Gasteiger partial charge on any atom is 0.426 e. The minimum absolute atomic E-state index is 0. The summed E-state index contributed by atoms with van der Waals surface area (Å²) in [6, 6.07) is 2.21. The van der Waals surface area contributed by atoms with E-state index in [9.17, 15) is 34.6 Å². The molecule has 2 unspecified atom stereocenters. The first-order valence-electron chi connectivity index (χ1n) is 49.4. The summed E-state index contributed by atoms with van der Waals surface area (Å²) >= 11 is -3.32. The third kappa shape index (κ3) is 54.4. The summed E-state index contributed by atoms with van der Waals surface area (Å²) in [7, 11) is 9.16. The lowest BCUT2D eigenvalue weighted by molar-refractivity contribution is -1.93. The standard InChI is InChI=1S/C20H34O5.2C15H28O3.C12H22O3Si.C11H21NO4.C11H20O2.C9H14O3.C8H12N2.C5H11I.HIO6.2H2/c1-9-11-20(23-8,12-13(3)10-2)17(21)14(4)16-15(5)18(22)25-19(6,7)24-16;2*1-7-9-15(16-6,10-12(3)8-2)13-11-17-14(4,5)18-13;1-8-10-9(2)11(15-16(5,6)7)14-12(3,4)13-10;1-8-5-11(12(3)4)10(9(2)16-8)6-14-15-7-13;1-5-7-11(9-12,13-4)8-10(3)6-2;1-4-5-7(10)8-6-11-9(2,3)12-8;1-8(2,3)7-9-5-4-6-10-7;1-3-5(2)4-6;2-1(3,4)6-7-5;;/h9,13-14,17,21H,1,10-12H2,2-8H3;2*7,12-13H,1,8-11H2,2-6H3;8H,1-7H3;7-11H,5-6H2,1-4H3;5,9-10H,1,6-8H2,2-4H3;4,8H,1,5-6H2,2-3H3;4-6H,1-3H3;5H,3-4H2,1-2H3;5H;2*1H/b;;;10-8-;;;;;;;;/t13-,14-,17+,20+;2*12-,13+,15+;;8-,9?,10+,11?;10-,11+;8-;;5-;;;/m000.101.0.../s1. The second kappa shape index (κ2) is 68.1. The number of aliphatic hydroxyl groups excluding tert-OH is 1. The van der Waals surface area contributed by atoms with Crippen molar-refractivity contribution < 1.29 is 156 Å². The van der Waals surface area contributed by atoms with Crippen molar-refractivity contribution >= 4 is 55.4 Å². The minimum Gasteiger partial charge on any atom is -0.519 e. The highest BCUT2D eigenvalue weighted by Gasteiger charge is 2.51. The van der Waals surface area contributed by atoms with Crippen molar-refractivity contribution in [1.29, 1.82) is 0 Å². The summed E-state index contributed by atoms with van der Waals surface area (Å²) < 4.78 is 123. The van der Waals surface area contributed by atoms with E-state index in [0.717, 1.165) is 93.6 Å². The molecule has 1 aromatic heterocycles. The van der Waals surface area contributed by atoms with Gasteiger partial charge in [0.1, 0.15) is 47.9 Å². The van der Waals surface area contributed by atoms with Gasteiger partial charge in [-0.15, -0.1) is 32.9 Å². The number of esters is 1. The maximum atomic E-state index is 12.1. The van der Waals surface area contributed by atoms with Crippen LogP contribution in [0.5, 0.6) is 0 Å². The number of hydrogen-bond acceptors (Lipinski definition) is 32. The molecule has 35 heteroatoms. The molecule has 4 fully saturated rings. The Bertz CT molecular complexity index is 3750. The summed E-state index contributed by atoms with van der Waals surface area (Å²) in [6.07, 6.45) is 27.4. The molecule has 0 bridgehead atoms. The Morgan fingerprint density at radius 2 is 1.09 bits per heavy atom. The lowest BCUT2D eigenvalue weighted by Gasteiger charge is -2.43. The molecule has 0 spiro atoms. The Balaban J connectivity index is -0.000000502. The van der Waals surface area contributed by atoms with Gasteiger partial charge in [0.25, 0.3) is 5.95 Å². The topological polar surface area (TPSA) is 392 Å². The van der Waals surface area contributed by atoms with Crippen molar-refractivity contribution in [2.45, 2.75) is 416 Å². The number of carbonyl (C=O) groups excluding carboxylic acids is 4. The number of methoxy groups -OCH3 is 4. The number of hydrogen-bond donors (Lipinski definition) is 2. The zero-order valence-electron chi connectivity index (χ0n) is 93.6. The number of ketones is 1. The molecular weight excluding hydrogens is 2060 g/mol. The number of aldehydes is 1. The number of carbonyl (C=O) groups is 4. The van der Waals surface area contributed by atoms with Crippen LogP contribution < -0.4 is 30.4 Å². The molecule has 0 amide bonds. The molecule has 7 rings (SSSR count). The maximum absolute atomic E-state index is 12.1. The highest BCUT2D eigenvalue weighted by atomic mass is 127. The van der Waals surface area contributed by atoms with E-state index < -0.39 is 92.6 Å². The number of nitrogens with zero attached hydrogens (tertiary/aromatic N) is 3. The van der Waals surface area contributed by atoms with E-state index in [-0.39, 0.29) is 55.6 Å². The molecule has 0 aromatic carbocycles. The number of aromatic nitrogens is 2. The van der Waals surface area contributed by atoms with Crippen LogP contribution in [-0.4, -0.2) is 225 Å². The average molecular weight is 2260 g/mol. The van der Waals surface area contributed by atoms with Gasteiger partial charge in [-0.05, 0) is 203 Å². The normalized spacial score (nSPS) is 23.7. The zero-order chi connectivity index (χ0) is 110. The molecule has 6 aliphatic heterocycles. The summed E-state index contributed by atoms with van der Waals surface area (Å²) in [6.45, 7) is 85.5. The Morgan fingerprint density at radius 1 is 0.638 bits per heavy atom. The highest BCUT2D eigenvalue weighted by molar-refractivity contribution is 14.1. The number of rotatable bonds is 44. The molecule has 0 aliphatic carbocycles. The van der Waals surface area contributed by atoms with Gasteiger partial charge < -0.3 is 95.2 Å². The first kappa shape index (κ1) is 140. The van der Waals surface area contributed by atoms with E-state index in [1.165, 1.54) is 10.8 Å². The fourth-order valence-electron chi connectivity index (χ4n) is 15.6. The van der Waals surface area contributed by atoms with Gasteiger partial charge in [-0.1, -0.05) is 182 Å². The van der Waals surface area contributed by atoms with Crippen molar-refractivity contribution in [2.24, 2.45) is 41.4 Å². The monoisotopic (exact) mass is 2260 g/mol. The quantitative estimate of drug-likeness (QED) is 0.00705. The molecule has 4 saturated heterocycles. The molecule has 1 aromatic rings. The van der Waals surface area contributed by atoms with Gasteiger partial charge in [-0.25, -0.2) is 20.0 Å². The second-order valence-corrected chi connectivity index (χ2v) is 49.3. The van der Waals surface area contributed by atoms with Gasteiger partial charge in [0, 0.05) is 117 Å². The number of alkyl halides is 1. The van der Waals surface area contributed by atoms with E-state index in [1.807, 2.05) is 108 Å². The van der Waals surface area contributed by atoms with E-state index >= 15 is 0 Å². The smallest absolute Gasteiger partial charge is 0.426 e. The molecule has 826 valence electrons. The fourth-order valence-corrected chi connectivity index (χ4v) is 17.2. The van der Waals surface area contributed by atoms with Gasteiger partial charge in [0.15, 0.2) is 29.4 Å². The number of ether oxygens (including phenoxy) is 15. The van der Waals surface area contributed by atoms with E-state index in [2.05, 4.69) is 200 Å². The van der Waals surface area contributed by atoms with Gasteiger partial charge in [0.2, 0.25) is 23.1 Å². The molecule has 2 N–H and O–H groups in total. The fraction of sp³-hybridized carbons (Fsp3) is 0.774. The van der Waals surface area contributed by atoms with Crippen LogP contribution in [0.2, 0.25) is 19.6 Å². The van der Waals surface area contributed by atoms with Crippen LogP contribution in [-0.2, 0) is 118 Å². The third-order valence-corrected chi connectivity index (χ3v) is 27.4. The molecule has 7 heterocycles. The van der Waals surface area contributed by atoms with Crippen LogP contribution in [0.15, 0.2) is 116 Å². The van der Waals surface area contributed by atoms with Gasteiger partial charge in [-0.2, -0.15) is 4.89 Å². The van der Waals surface area contributed by atoms with Crippen LogP contribution in [0, 0.1) is 41.4 Å². The molecule has 18 atom stereocenters. The minimum atomic E-state index is -5.74. The van der Waals surface area contributed by atoms with Gasteiger partial charge in [-0.3, -0.25) is 19.9 Å². The summed E-state index contributed by atoms with van der Waals surface area (Å²) in [5.74, 6) is 1.89. The van der Waals surface area contributed by atoms with Crippen molar-refractivity contribution in [3.63, 3.8) is 0 Å². The number of halogens is 2. The molecule has 6 aliphatic rings. The predicted octanol–water partition coefficient (Wildman–Crippen LogP) is 17.5. The SMILES string of the molecule is C/C=C1\OC(C)(C)OC(O[Si](C)(C)C)=C1C.C=CCC(=O)[C@H]1COC(C)(C)O1.C=CC[C@](C=O)(C[C@@H](C)CC)OC.C=CC[C@](C[C@@H](C)CC)(OC)[C@H](O)[C@@H](C)C1=C(C)C(=O)OC(C)(C)O1.C=CC[C@](C[C@@H](C)CC)(OC)[C@H]1COC(C)(C)O1.C=CC[C@](C[C@@H](C)CC)(OC)[C@H]1COC(C)(C)O1.CC(C)(C)c1ncccn1.CC1O[C@H](C)CC(N(C)C)[C@H]1COOC=O.CC[C@H](C)CI.[HH].[HH].[O-][I+3]([O-])([O-])OOO. The Hall–Kier alpha value is -4.64. The molecule has 141 heavy (non-hydrogen) atoms. The van der Waals surface area contributed by atoms with E-state index in [1.54, 1.807) is 93.7 Å². The lowest BCUT2D eigenvalue weighted by Crippen LogP contribution is -4.24. The molecule has 0 radical (unpaired) electrons. The summed E-state index contributed by atoms with van der Waals surface area (Å²) in [4.78, 5) is 63.9. The Kier molecular flexibility index (Phi) is 67.9. The average Bonchev–Trinajstić information content (AvgIpc) is 1.72. The van der Waals surface area contributed by atoms with Crippen molar-refractivity contribution in [1.82, 2.24) is 14.9 Å². The zero-order valence-corrected chi connectivity index (χ0v) is 98.9. The number of Topliss-reactive ketones (excluding diaryl/α,β-unsaturated/α-hetero) is 1. The number of aliphatic hydroxyl groups is 1. The van der Waals surface area contributed by atoms with Crippen molar-refractivity contribution in [3.05, 3.63) is 122 Å². The second-order valence-electron chi connectivity index (χ2n) is 41.5. The Labute approximate surface area is 874 Å². The van der Waals surface area contributed by atoms with Crippen LogP contribution >= 0.6 is 22.6 Å². The van der Waals surface area contributed by atoms with Gasteiger partial charge in [0.05, 0.1) is 66.1 Å². The lowest BCUT2D eigenvalue weighted by atomic mass is 9.77. The molecule has 0 saturated carbocycles. The van der Waals surface area contributed by atoms with Crippen molar-refractivity contribution in [2.75, 3.05) is 73.4 Å². The van der Waals surface area contributed by atoms with E-state index in [0.29, 0.717) is 106 Å². The van der Waals surface area contributed by atoms with Crippen molar-refractivity contribution in [3.8, 4) is 0 Å². The van der Waals surface area contributed by atoms with Crippen LogP contribution in [0.1, 0.15) is 306 Å². The first-order chi connectivity index (χ1) is 65.2. The Morgan fingerprint density at radius 3 is 1.43 bits per heavy atom. The largest absolute Gasteiger partial charge is 0.519 e. The number of allylic oxidation sites excluding steroid dienone is 3. The summed E-state index contributed by atoms with van der Waals surface area (Å²) in [5.41, 5.74) is -0.658. The van der Waals surface area contributed by atoms with Gasteiger partial charge >= 0.3 is 32.5 Å². The third-order valence-electron chi connectivity index (χ3n) is 24.5. The van der Waals surface area contributed by atoms with Crippen LogP contribution in [0.4, 0.5) is 0 Å². The highest BCUT2D eigenvalue weighted by Crippen LogP contribution is 2.44. The predicted molar refractivity (Wildman–Crippen MR) is 558 cm³/mol. The van der Waals surface area contributed by atoms with Crippen LogP contribution in [0.25, 0.3) is 0 Å². The molecule has 32 nitrogen and oxygen atoms in total. The van der Waals surface area contributed by atoms with Crippen LogP contribution in [0.3, 0.4) is 0 Å². The molecular formula is C106H195I2N3O29Si. The number of cyclic esters (lactones) is 1. The summed E-state index contributed by atoms with van der Waals surface area (Å²) in [5, 5.41) is 20.9. The van der Waals surface area contributed by atoms with E-state index in [4.69, 9.17) is 85.6 Å².